The third-order valence-electron chi connectivity index (χ3n) is 5.32. The number of rotatable bonds is 7. The summed E-state index contributed by atoms with van der Waals surface area (Å²) in [7, 11) is 0. The molecule has 3 rings (SSSR count). The average molecular weight is 407 g/mol. The van der Waals surface area contributed by atoms with Crippen LogP contribution in [0, 0.1) is 6.92 Å². The van der Waals surface area contributed by atoms with Crippen molar-refractivity contribution >= 4 is 22.9 Å². The highest BCUT2D eigenvalue weighted by Gasteiger charge is 2.19. The lowest BCUT2D eigenvalue weighted by molar-refractivity contribution is 0.0989. The summed E-state index contributed by atoms with van der Waals surface area (Å²) in [5, 5.41) is 3.85. The van der Waals surface area contributed by atoms with Crippen LogP contribution in [0.2, 0.25) is 0 Å². The molecule has 2 aromatic rings. The summed E-state index contributed by atoms with van der Waals surface area (Å²) in [6.07, 6.45) is 10.0. The lowest BCUT2D eigenvalue weighted by Crippen LogP contribution is -2.32. The average Bonchev–Trinajstić information content (AvgIpc) is 3.30. The zero-order valence-corrected chi connectivity index (χ0v) is 18.3. The first kappa shape index (κ1) is 21.1. The summed E-state index contributed by atoms with van der Waals surface area (Å²) in [5.41, 5.74) is 4.96. The van der Waals surface area contributed by atoms with Crippen LogP contribution in [0.1, 0.15) is 42.1 Å². The smallest absolute Gasteiger partial charge is 0.259 e. The predicted octanol–water partition coefficient (Wildman–Crippen LogP) is 6.21. The van der Waals surface area contributed by atoms with E-state index >= 15 is 0 Å². The van der Waals surface area contributed by atoms with E-state index in [9.17, 15) is 4.79 Å². The fourth-order valence-corrected chi connectivity index (χ4v) is 4.09. The van der Waals surface area contributed by atoms with Crippen LogP contribution < -0.4 is 4.90 Å². The van der Waals surface area contributed by atoms with Crippen LogP contribution in [0.3, 0.4) is 0 Å². The normalized spacial score (nSPS) is 15.0. The van der Waals surface area contributed by atoms with Crippen molar-refractivity contribution in [2.45, 2.75) is 33.1 Å². The number of benzene rings is 1. The van der Waals surface area contributed by atoms with Crippen LogP contribution in [-0.2, 0) is 0 Å². The number of hydrogen-bond donors (Lipinski definition) is 0. The van der Waals surface area contributed by atoms with Gasteiger partial charge < -0.3 is 9.80 Å². The zero-order valence-electron chi connectivity index (χ0n) is 17.4. The van der Waals surface area contributed by atoms with Crippen molar-refractivity contribution in [3.05, 3.63) is 88.3 Å². The van der Waals surface area contributed by atoms with Gasteiger partial charge in [-0.15, -0.1) is 0 Å². The summed E-state index contributed by atoms with van der Waals surface area (Å²) in [4.78, 5) is 17.4. The number of allylic oxidation sites excluding steroid dienone is 2. The third kappa shape index (κ3) is 5.70. The molecule has 1 aromatic heterocycles. The Morgan fingerprint density at radius 2 is 1.86 bits per heavy atom. The predicted molar refractivity (Wildman–Crippen MR) is 125 cm³/mol. The molecule has 0 atom stereocenters. The molecule has 0 bridgehead atoms. The van der Waals surface area contributed by atoms with Crippen LogP contribution >= 0.6 is 11.3 Å². The first-order valence-corrected chi connectivity index (χ1v) is 11.2. The zero-order chi connectivity index (χ0) is 20.6. The molecule has 152 valence electrons. The van der Waals surface area contributed by atoms with Gasteiger partial charge in [0.15, 0.2) is 0 Å². The topological polar surface area (TPSA) is 23.6 Å². The molecule has 0 aliphatic carbocycles. The molecule has 0 N–H and O–H groups in total. The molecule has 3 nitrogen and oxygen atoms in total. The number of carbonyl (C=O) groups is 1. The molecular weight excluding hydrogens is 376 g/mol. The molecule has 1 aromatic carbocycles. The maximum Gasteiger partial charge on any atom is 0.259 e. The Hall–Kier alpha value is -2.59. The van der Waals surface area contributed by atoms with E-state index in [2.05, 4.69) is 36.6 Å². The largest absolute Gasteiger partial charge is 0.372 e. The third-order valence-corrected chi connectivity index (χ3v) is 6.01. The Bertz CT molecular complexity index is 872. The van der Waals surface area contributed by atoms with Gasteiger partial charge >= 0.3 is 0 Å². The van der Waals surface area contributed by atoms with Crippen LogP contribution in [0.25, 0.3) is 0 Å². The summed E-state index contributed by atoms with van der Waals surface area (Å²) in [6.45, 7) is 11.0. The van der Waals surface area contributed by atoms with Crippen molar-refractivity contribution in [2.75, 3.05) is 24.5 Å². The molecule has 29 heavy (non-hydrogen) atoms. The Kier molecular flexibility index (Phi) is 7.48. The molecular formula is C25H30N2OS. The SMILES string of the molecule is C=C(/C=C\C(=C/C)CN(C(=O)c1ccsc1)c1ccc(C)cc1)N1CCCCC1. The summed E-state index contributed by atoms with van der Waals surface area (Å²) in [5.74, 6) is 0.0257. The summed E-state index contributed by atoms with van der Waals surface area (Å²) < 4.78 is 0. The second-order valence-electron chi connectivity index (χ2n) is 7.47. The Balaban J connectivity index is 1.77. The lowest BCUT2D eigenvalue weighted by Gasteiger charge is -2.29. The number of amides is 1. The van der Waals surface area contributed by atoms with E-state index in [1.165, 1.54) is 24.8 Å². The number of likely N-dealkylation sites (tertiary alicyclic amines) is 1. The molecule has 4 heteroatoms. The minimum atomic E-state index is 0.0257. The molecule has 1 saturated heterocycles. The van der Waals surface area contributed by atoms with Gasteiger partial charge in [0.25, 0.3) is 5.91 Å². The number of thiophene rings is 1. The molecule has 1 fully saturated rings. The van der Waals surface area contributed by atoms with Gasteiger partial charge in [-0.3, -0.25) is 4.79 Å². The van der Waals surface area contributed by atoms with Gasteiger partial charge in [-0.05, 0) is 68.3 Å². The van der Waals surface area contributed by atoms with Crippen molar-refractivity contribution in [1.82, 2.24) is 4.90 Å². The van der Waals surface area contributed by atoms with E-state index in [-0.39, 0.29) is 5.91 Å². The van der Waals surface area contributed by atoms with E-state index < -0.39 is 0 Å². The molecule has 1 amide bonds. The molecule has 2 heterocycles. The monoisotopic (exact) mass is 406 g/mol. The van der Waals surface area contributed by atoms with Gasteiger partial charge in [-0.25, -0.2) is 0 Å². The van der Waals surface area contributed by atoms with Crippen molar-refractivity contribution in [3.8, 4) is 0 Å². The van der Waals surface area contributed by atoms with E-state index in [0.717, 1.165) is 35.6 Å². The fraction of sp³-hybridized carbons (Fsp3) is 0.320. The van der Waals surface area contributed by atoms with Crippen molar-refractivity contribution in [3.63, 3.8) is 0 Å². The number of nitrogens with zero attached hydrogens (tertiary/aromatic N) is 2. The second kappa shape index (κ2) is 10.3. The van der Waals surface area contributed by atoms with Crippen molar-refractivity contribution < 1.29 is 4.79 Å². The van der Waals surface area contributed by atoms with Crippen molar-refractivity contribution in [2.24, 2.45) is 0 Å². The van der Waals surface area contributed by atoms with Crippen LogP contribution in [-0.4, -0.2) is 30.4 Å². The molecule has 0 saturated carbocycles. The lowest BCUT2D eigenvalue weighted by atomic mass is 10.1. The molecule has 1 aliphatic rings. The van der Waals surface area contributed by atoms with Crippen LogP contribution in [0.4, 0.5) is 5.69 Å². The number of aryl methyl sites for hydroxylation is 1. The van der Waals surface area contributed by atoms with E-state index in [4.69, 9.17) is 0 Å². The number of hydrogen-bond acceptors (Lipinski definition) is 3. The summed E-state index contributed by atoms with van der Waals surface area (Å²) >= 11 is 1.54. The highest BCUT2D eigenvalue weighted by molar-refractivity contribution is 7.08. The van der Waals surface area contributed by atoms with Gasteiger partial charge in [0.1, 0.15) is 0 Å². The van der Waals surface area contributed by atoms with Crippen LogP contribution in [0.5, 0.6) is 0 Å². The minimum absolute atomic E-state index is 0.0257. The highest BCUT2D eigenvalue weighted by Crippen LogP contribution is 2.22. The Morgan fingerprint density at radius 3 is 2.48 bits per heavy atom. The van der Waals surface area contributed by atoms with Crippen molar-refractivity contribution in [1.29, 1.82) is 0 Å². The number of piperidine rings is 1. The van der Waals surface area contributed by atoms with E-state index in [0.29, 0.717) is 6.54 Å². The maximum atomic E-state index is 13.2. The van der Waals surface area contributed by atoms with Gasteiger partial charge in [-0.1, -0.05) is 36.4 Å². The number of carbonyl (C=O) groups excluding carboxylic acids is 1. The molecule has 0 unspecified atom stereocenters. The Morgan fingerprint density at radius 1 is 1.14 bits per heavy atom. The van der Waals surface area contributed by atoms with Gasteiger partial charge in [0.2, 0.25) is 0 Å². The fourth-order valence-electron chi connectivity index (χ4n) is 3.46. The van der Waals surface area contributed by atoms with E-state index in [1.54, 1.807) is 11.3 Å². The van der Waals surface area contributed by atoms with Gasteiger partial charge in [0.05, 0.1) is 12.1 Å². The molecule has 0 radical (unpaired) electrons. The first-order chi connectivity index (χ1) is 14.1. The first-order valence-electron chi connectivity index (χ1n) is 10.3. The highest BCUT2D eigenvalue weighted by atomic mass is 32.1. The Labute approximate surface area is 178 Å². The summed E-state index contributed by atoms with van der Waals surface area (Å²) in [6, 6.07) is 10.0. The second-order valence-corrected chi connectivity index (χ2v) is 8.25. The van der Waals surface area contributed by atoms with E-state index in [1.807, 2.05) is 52.9 Å². The molecule has 1 aliphatic heterocycles. The number of anilines is 1. The molecule has 0 spiro atoms. The quantitative estimate of drug-likeness (QED) is 0.511. The minimum Gasteiger partial charge on any atom is -0.372 e. The van der Waals surface area contributed by atoms with Gasteiger partial charge in [0, 0.05) is 29.9 Å². The van der Waals surface area contributed by atoms with Crippen LogP contribution in [0.15, 0.2) is 77.2 Å². The van der Waals surface area contributed by atoms with Gasteiger partial charge in [-0.2, -0.15) is 11.3 Å². The maximum absolute atomic E-state index is 13.2. The standard InChI is InChI=1S/C25H30N2OS/c1-4-22(11-10-21(3)26-15-6-5-7-16-26)18-27(24-12-8-20(2)9-13-24)25(28)23-14-17-29-19-23/h4,8-14,17,19H,3,5-7,15-16,18H2,1-2H3/b11-10-,22-4+.